The summed E-state index contributed by atoms with van der Waals surface area (Å²) in [6, 6.07) is 13.9. The molecule has 3 N–H and O–H groups in total. The van der Waals surface area contributed by atoms with Gasteiger partial charge in [-0.15, -0.1) is 0 Å². The highest BCUT2D eigenvalue weighted by Gasteiger charge is 2.11. The van der Waals surface area contributed by atoms with Crippen LogP contribution in [0.1, 0.15) is 22.3 Å². The van der Waals surface area contributed by atoms with Gasteiger partial charge in [0, 0.05) is 11.4 Å². The number of hydrogen-bond acceptors (Lipinski definition) is 3. The van der Waals surface area contributed by atoms with Crippen LogP contribution in [-0.4, -0.2) is 16.9 Å². The number of aryl methyl sites for hydroxylation is 1. The molecule has 130 valence electrons. The Hall–Kier alpha value is -2.15. The zero-order valence-electron chi connectivity index (χ0n) is 13.0. The third-order valence-electron chi connectivity index (χ3n) is 3.24. The average molecular weight is 396 g/mol. The zero-order valence-corrected chi connectivity index (χ0v) is 15.3. The first-order valence-electron chi connectivity index (χ1n) is 7.35. The molecule has 0 aliphatic rings. The van der Waals surface area contributed by atoms with E-state index in [1.165, 1.54) is 0 Å². The van der Waals surface area contributed by atoms with Gasteiger partial charge >= 0.3 is 0 Å². The van der Waals surface area contributed by atoms with Crippen molar-refractivity contribution in [2.24, 2.45) is 0 Å². The molecule has 0 fully saturated rings. The summed E-state index contributed by atoms with van der Waals surface area (Å²) in [5, 5.41) is 3.40. The first kappa shape index (κ1) is 19.2. The van der Waals surface area contributed by atoms with Crippen molar-refractivity contribution in [3.05, 3.63) is 69.7 Å². The van der Waals surface area contributed by atoms with Crippen molar-refractivity contribution in [1.29, 1.82) is 0 Å². The summed E-state index contributed by atoms with van der Waals surface area (Å²) in [5.74, 6) is -0.748. The first-order valence-corrected chi connectivity index (χ1v) is 8.52. The van der Waals surface area contributed by atoms with E-state index in [1.807, 2.05) is 18.2 Å². The van der Waals surface area contributed by atoms with Gasteiger partial charge in [0.1, 0.15) is 0 Å². The molecule has 5 nitrogen and oxygen atoms in total. The molecule has 0 aliphatic carbocycles. The Bertz CT molecular complexity index is 799. The quantitative estimate of drug-likeness (QED) is 0.548. The van der Waals surface area contributed by atoms with Crippen LogP contribution >= 0.6 is 35.4 Å². The Balaban J connectivity index is 1.76. The lowest BCUT2D eigenvalue weighted by molar-refractivity contribution is -0.119. The number of hydrogen-bond donors (Lipinski definition) is 3. The lowest BCUT2D eigenvalue weighted by Gasteiger charge is -2.11. The molecule has 0 saturated carbocycles. The lowest BCUT2D eigenvalue weighted by Crippen LogP contribution is -2.48. The van der Waals surface area contributed by atoms with E-state index in [0.717, 1.165) is 5.56 Å². The van der Waals surface area contributed by atoms with Gasteiger partial charge in [0.05, 0.1) is 10.6 Å². The second-order valence-electron chi connectivity index (χ2n) is 5.03. The maximum atomic E-state index is 12.0. The molecular formula is C17H15Cl2N3O2S. The minimum atomic E-state index is -0.460. The fraction of sp³-hybridized carbons (Fsp3) is 0.118. The molecule has 0 radical (unpaired) electrons. The van der Waals surface area contributed by atoms with Crippen molar-refractivity contribution in [3.63, 3.8) is 0 Å². The van der Waals surface area contributed by atoms with E-state index in [-0.39, 0.29) is 17.4 Å². The van der Waals surface area contributed by atoms with E-state index >= 15 is 0 Å². The highest BCUT2D eigenvalue weighted by molar-refractivity contribution is 7.80. The summed E-state index contributed by atoms with van der Waals surface area (Å²) in [6.07, 6.45) is 0.699. The number of carbonyl (C=O) groups is 2. The number of benzene rings is 2. The van der Waals surface area contributed by atoms with Crippen molar-refractivity contribution < 1.29 is 9.59 Å². The average Bonchev–Trinajstić information content (AvgIpc) is 2.59. The molecule has 8 heteroatoms. The molecule has 2 rings (SSSR count). The molecule has 0 aromatic heterocycles. The Morgan fingerprint density at radius 2 is 1.56 bits per heavy atom. The second kappa shape index (κ2) is 9.36. The fourth-order valence-electron chi connectivity index (χ4n) is 2.00. The standard InChI is InChI=1S/C17H15Cl2N3O2S/c18-13-7-3-1-5-11(13)9-10-15(23)20-17(25)22-21-16(24)12-6-2-4-8-14(12)19/h1-8H,9-10H2,(H,21,24)(H2,20,22,23,25). The zero-order chi connectivity index (χ0) is 18.2. The highest BCUT2D eigenvalue weighted by atomic mass is 35.5. The van der Waals surface area contributed by atoms with E-state index in [2.05, 4.69) is 16.2 Å². The van der Waals surface area contributed by atoms with E-state index in [4.69, 9.17) is 35.4 Å². The summed E-state index contributed by atoms with van der Waals surface area (Å²) >= 11 is 16.9. The van der Waals surface area contributed by atoms with Crippen molar-refractivity contribution in [3.8, 4) is 0 Å². The number of halogens is 2. The topological polar surface area (TPSA) is 70.2 Å². The van der Waals surface area contributed by atoms with Crippen LogP contribution in [0.2, 0.25) is 10.0 Å². The van der Waals surface area contributed by atoms with Crippen LogP contribution in [0.15, 0.2) is 48.5 Å². The predicted molar refractivity (Wildman–Crippen MR) is 103 cm³/mol. The van der Waals surface area contributed by atoms with Crippen molar-refractivity contribution in [2.75, 3.05) is 0 Å². The summed E-state index contributed by atoms with van der Waals surface area (Å²) in [4.78, 5) is 23.9. The molecular weight excluding hydrogens is 381 g/mol. The van der Waals surface area contributed by atoms with Gasteiger partial charge < -0.3 is 5.32 Å². The normalized spacial score (nSPS) is 10.0. The van der Waals surface area contributed by atoms with Gasteiger partial charge in [0.25, 0.3) is 5.91 Å². The molecule has 0 aliphatic heterocycles. The molecule has 0 saturated heterocycles. The summed E-state index contributed by atoms with van der Waals surface area (Å²) in [5.41, 5.74) is 6.02. The Kier molecular flexibility index (Phi) is 7.18. The number of thiocarbonyl (C=S) groups is 1. The van der Waals surface area contributed by atoms with Crippen molar-refractivity contribution >= 4 is 52.3 Å². The summed E-state index contributed by atoms with van der Waals surface area (Å²) in [6.45, 7) is 0. The van der Waals surface area contributed by atoms with Crippen LogP contribution in [0.5, 0.6) is 0 Å². The summed E-state index contributed by atoms with van der Waals surface area (Å²) in [7, 11) is 0. The maximum Gasteiger partial charge on any atom is 0.271 e. The molecule has 2 aromatic carbocycles. The molecule has 2 aromatic rings. The van der Waals surface area contributed by atoms with E-state index in [1.54, 1.807) is 30.3 Å². The lowest BCUT2D eigenvalue weighted by atomic mass is 10.1. The molecule has 2 amide bonds. The molecule has 25 heavy (non-hydrogen) atoms. The van der Waals surface area contributed by atoms with Crippen LogP contribution < -0.4 is 16.2 Å². The maximum absolute atomic E-state index is 12.0. The van der Waals surface area contributed by atoms with Gasteiger partial charge in [-0.25, -0.2) is 0 Å². The molecule has 0 atom stereocenters. The smallest absolute Gasteiger partial charge is 0.271 e. The van der Waals surface area contributed by atoms with Crippen LogP contribution in [0, 0.1) is 0 Å². The fourth-order valence-corrected chi connectivity index (χ4v) is 2.61. The van der Waals surface area contributed by atoms with E-state index in [9.17, 15) is 9.59 Å². The van der Waals surface area contributed by atoms with Crippen LogP contribution in [0.4, 0.5) is 0 Å². The molecule has 0 spiro atoms. The monoisotopic (exact) mass is 395 g/mol. The van der Waals surface area contributed by atoms with E-state index < -0.39 is 5.91 Å². The van der Waals surface area contributed by atoms with E-state index in [0.29, 0.717) is 22.0 Å². The summed E-state index contributed by atoms with van der Waals surface area (Å²) < 4.78 is 0. The largest absolute Gasteiger partial charge is 0.302 e. The predicted octanol–water partition coefficient (Wildman–Crippen LogP) is 3.26. The van der Waals surface area contributed by atoms with Crippen molar-refractivity contribution in [1.82, 2.24) is 16.2 Å². The first-order chi connectivity index (χ1) is 12.0. The Labute approximate surface area is 160 Å². The van der Waals surface area contributed by atoms with Crippen LogP contribution in [0.3, 0.4) is 0 Å². The van der Waals surface area contributed by atoms with Crippen LogP contribution in [-0.2, 0) is 11.2 Å². The Morgan fingerprint density at radius 1 is 0.920 bits per heavy atom. The van der Waals surface area contributed by atoms with Gasteiger partial charge in [-0.2, -0.15) is 0 Å². The molecule has 0 heterocycles. The minimum absolute atomic E-state index is 0.00966. The Morgan fingerprint density at radius 3 is 2.24 bits per heavy atom. The molecule has 0 bridgehead atoms. The third kappa shape index (κ3) is 6.01. The number of hydrazine groups is 1. The highest BCUT2D eigenvalue weighted by Crippen LogP contribution is 2.16. The number of nitrogens with one attached hydrogen (secondary N) is 3. The van der Waals surface area contributed by atoms with Gasteiger partial charge in [-0.3, -0.25) is 20.4 Å². The molecule has 0 unspecified atom stereocenters. The van der Waals surface area contributed by atoms with Gasteiger partial charge in [0.15, 0.2) is 5.11 Å². The SMILES string of the molecule is O=C(CCc1ccccc1Cl)NC(=S)NNC(=O)c1ccccc1Cl. The number of rotatable bonds is 4. The van der Waals surface area contributed by atoms with Gasteiger partial charge in [-0.1, -0.05) is 53.5 Å². The van der Waals surface area contributed by atoms with Gasteiger partial charge in [-0.05, 0) is 42.4 Å². The third-order valence-corrected chi connectivity index (χ3v) is 4.14. The minimum Gasteiger partial charge on any atom is -0.302 e. The second-order valence-corrected chi connectivity index (χ2v) is 6.25. The van der Waals surface area contributed by atoms with Crippen LogP contribution in [0.25, 0.3) is 0 Å². The van der Waals surface area contributed by atoms with Gasteiger partial charge in [0.2, 0.25) is 5.91 Å². The van der Waals surface area contributed by atoms with Crippen molar-refractivity contribution in [2.45, 2.75) is 12.8 Å². The number of amides is 2. The number of carbonyl (C=O) groups excluding carboxylic acids is 2.